The number of hydrogen-bond donors (Lipinski definition) is 1. The summed E-state index contributed by atoms with van der Waals surface area (Å²) in [6.45, 7) is 6.75. The molecule has 4 unspecified atom stereocenters. The molecule has 0 amide bonds. The molecule has 1 aromatic heterocycles. The van der Waals surface area contributed by atoms with Crippen LogP contribution in [-0.2, 0) is 0 Å². The maximum atomic E-state index is 5.98. The van der Waals surface area contributed by atoms with E-state index in [1.165, 1.54) is 25.0 Å². The van der Waals surface area contributed by atoms with Gasteiger partial charge in [-0.2, -0.15) is 0 Å². The van der Waals surface area contributed by atoms with Gasteiger partial charge in [0.15, 0.2) is 0 Å². The minimum Gasteiger partial charge on any atom is -0.330 e. The Hall–Kier alpha value is -0.830. The van der Waals surface area contributed by atoms with E-state index in [1.54, 1.807) is 0 Å². The van der Waals surface area contributed by atoms with E-state index < -0.39 is 0 Å². The lowest BCUT2D eigenvalue weighted by Crippen LogP contribution is -2.28. The molecule has 0 aromatic carbocycles. The normalized spacial score (nSPS) is 32.6. The molecule has 2 N–H and O–H groups in total. The third kappa shape index (κ3) is 2.01. The van der Waals surface area contributed by atoms with Crippen molar-refractivity contribution in [1.29, 1.82) is 0 Å². The summed E-state index contributed by atoms with van der Waals surface area (Å²) in [6, 6.07) is 0.666. The van der Waals surface area contributed by atoms with Gasteiger partial charge in [-0.05, 0) is 25.2 Å². The lowest BCUT2D eigenvalue weighted by atomic mass is 9.78. The summed E-state index contributed by atoms with van der Waals surface area (Å²) in [5, 5.41) is 0. The first-order chi connectivity index (χ1) is 7.61. The molecular formula is C13H23N3. The number of aromatic nitrogens is 2. The van der Waals surface area contributed by atoms with Gasteiger partial charge >= 0.3 is 0 Å². The molecule has 0 aliphatic heterocycles. The predicted molar refractivity (Wildman–Crippen MR) is 66.0 cm³/mol. The first kappa shape index (κ1) is 11.6. The van der Waals surface area contributed by atoms with E-state index in [9.17, 15) is 0 Å². The van der Waals surface area contributed by atoms with Crippen molar-refractivity contribution in [1.82, 2.24) is 9.55 Å². The fraction of sp³-hybridized carbons (Fsp3) is 0.769. The molecule has 16 heavy (non-hydrogen) atoms. The van der Waals surface area contributed by atoms with Gasteiger partial charge in [-0.25, -0.2) is 4.98 Å². The first-order valence-corrected chi connectivity index (χ1v) is 6.38. The van der Waals surface area contributed by atoms with Crippen LogP contribution in [0.25, 0.3) is 0 Å². The summed E-state index contributed by atoms with van der Waals surface area (Å²) in [6.07, 6.45) is 7.82. The second-order valence-electron chi connectivity index (χ2n) is 5.35. The van der Waals surface area contributed by atoms with Gasteiger partial charge in [0, 0.05) is 18.3 Å². The molecule has 0 bridgehead atoms. The van der Waals surface area contributed by atoms with Gasteiger partial charge in [-0.3, -0.25) is 0 Å². The smallest absolute Gasteiger partial charge is 0.0951 e. The van der Waals surface area contributed by atoms with E-state index >= 15 is 0 Å². The van der Waals surface area contributed by atoms with Gasteiger partial charge in [-0.15, -0.1) is 0 Å². The second kappa shape index (κ2) is 4.58. The highest BCUT2D eigenvalue weighted by Crippen LogP contribution is 2.38. The molecule has 1 saturated carbocycles. The van der Waals surface area contributed by atoms with Crippen LogP contribution in [0.1, 0.15) is 57.8 Å². The number of nitrogens with two attached hydrogens (primary N) is 1. The SMILES string of the molecule is CC(N)c1cncn1C1CCCC(C)C1C. The quantitative estimate of drug-likeness (QED) is 0.834. The first-order valence-electron chi connectivity index (χ1n) is 6.38. The number of hydrogen-bond acceptors (Lipinski definition) is 2. The van der Waals surface area contributed by atoms with Crippen molar-refractivity contribution < 1.29 is 0 Å². The Morgan fingerprint density at radius 1 is 1.44 bits per heavy atom. The van der Waals surface area contributed by atoms with Crippen molar-refractivity contribution in [3.63, 3.8) is 0 Å². The number of nitrogens with zero attached hydrogens (tertiary/aromatic N) is 2. The summed E-state index contributed by atoms with van der Waals surface area (Å²) in [5.74, 6) is 1.53. The number of imidazole rings is 1. The van der Waals surface area contributed by atoms with Crippen molar-refractivity contribution in [2.24, 2.45) is 17.6 Å². The van der Waals surface area contributed by atoms with E-state index in [0.717, 1.165) is 11.8 Å². The van der Waals surface area contributed by atoms with Gasteiger partial charge in [0.2, 0.25) is 0 Å². The Bertz CT molecular complexity index is 343. The maximum absolute atomic E-state index is 5.98. The molecular weight excluding hydrogens is 198 g/mol. The molecule has 1 heterocycles. The van der Waals surface area contributed by atoms with Crippen molar-refractivity contribution in [3.05, 3.63) is 18.2 Å². The van der Waals surface area contributed by atoms with Crippen LogP contribution in [0.5, 0.6) is 0 Å². The molecule has 0 spiro atoms. The summed E-state index contributed by atoms with van der Waals surface area (Å²) in [5.41, 5.74) is 7.16. The molecule has 4 atom stereocenters. The fourth-order valence-electron chi connectivity index (χ4n) is 2.89. The van der Waals surface area contributed by atoms with Crippen molar-refractivity contribution >= 4 is 0 Å². The lowest BCUT2D eigenvalue weighted by molar-refractivity contribution is 0.182. The minimum atomic E-state index is 0.0759. The van der Waals surface area contributed by atoms with Crippen LogP contribution in [0, 0.1) is 11.8 Å². The predicted octanol–water partition coefficient (Wildman–Crippen LogP) is 2.90. The topological polar surface area (TPSA) is 43.8 Å². The van der Waals surface area contributed by atoms with Crippen LogP contribution in [0.15, 0.2) is 12.5 Å². The zero-order chi connectivity index (χ0) is 11.7. The molecule has 2 rings (SSSR count). The molecule has 90 valence electrons. The van der Waals surface area contributed by atoms with Crippen LogP contribution in [0.3, 0.4) is 0 Å². The van der Waals surface area contributed by atoms with Crippen molar-refractivity contribution in [2.45, 2.75) is 52.1 Å². The molecule has 3 heteroatoms. The van der Waals surface area contributed by atoms with E-state index in [4.69, 9.17) is 5.73 Å². The van der Waals surface area contributed by atoms with Gasteiger partial charge in [-0.1, -0.05) is 26.7 Å². The second-order valence-corrected chi connectivity index (χ2v) is 5.35. The Morgan fingerprint density at radius 3 is 2.88 bits per heavy atom. The third-order valence-corrected chi connectivity index (χ3v) is 4.18. The molecule has 0 radical (unpaired) electrons. The van der Waals surface area contributed by atoms with Gasteiger partial charge in [0.1, 0.15) is 0 Å². The number of rotatable bonds is 2. The summed E-state index contributed by atoms with van der Waals surface area (Å²) in [4.78, 5) is 4.26. The van der Waals surface area contributed by atoms with Gasteiger partial charge in [0.25, 0.3) is 0 Å². The highest BCUT2D eigenvalue weighted by Gasteiger charge is 2.29. The third-order valence-electron chi connectivity index (χ3n) is 4.18. The maximum Gasteiger partial charge on any atom is 0.0951 e. The van der Waals surface area contributed by atoms with Crippen molar-refractivity contribution in [2.75, 3.05) is 0 Å². The van der Waals surface area contributed by atoms with Crippen LogP contribution in [0.4, 0.5) is 0 Å². The Balaban J connectivity index is 2.25. The molecule has 1 fully saturated rings. The largest absolute Gasteiger partial charge is 0.330 e. The minimum absolute atomic E-state index is 0.0759. The molecule has 1 aromatic rings. The lowest BCUT2D eigenvalue weighted by Gasteiger charge is -2.36. The summed E-state index contributed by atoms with van der Waals surface area (Å²) < 4.78 is 2.31. The van der Waals surface area contributed by atoms with Gasteiger partial charge < -0.3 is 10.3 Å². The fourth-order valence-corrected chi connectivity index (χ4v) is 2.89. The standard InChI is InChI=1S/C13H23N3/c1-9-5-4-6-12(10(9)2)16-8-15-7-13(16)11(3)14/h7-12H,4-6,14H2,1-3H3. The molecule has 1 aliphatic rings. The highest BCUT2D eigenvalue weighted by atomic mass is 15.1. The van der Waals surface area contributed by atoms with Crippen LogP contribution < -0.4 is 5.73 Å². The van der Waals surface area contributed by atoms with E-state index in [1.807, 2.05) is 19.4 Å². The van der Waals surface area contributed by atoms with Gasteiger partial charge in [0.05, 0.1) is 12.0 Å². The van der Waals surface area contributed by atoms with E-state index in [0.29, 0.717) is 6.04 Å². The average molecular weight is 221 g/mol. The Kier molecular flexibility index (Phi) is 3.33. The Labute approximate surface area is 98.1 Å². The van der Waals surface area contributed by atoms with E-state index in [2.05, 4.69) is 23.4 Å². The highest BCUT2D eigenvalue weighted by molar-refractivity contribution is 5.06. The average Bonchev–Trinajstić information content (AvgIpc) is 2.70. The molecule has 1 aliphatic carbocycles. The van der Waals surface area contributed by atoms with Crippen LogP contribution >= 0.6 is 0 Å². The van der Waals surface area contributed by atoms with Crippen LogP contribution in [0.2, 0.25) is 0 Å². The van der Waals surface area contributed by atoms with Crippen molar-refractivity contribution in [3.8, 4) is 0 Å². The zero-order valence-electron chi connectivity index (χ0n) is 10.6. The van der Waals surface area contributed by atoms with E-state index in [-0.39, 0.29) is 6.04 Å². The molecule has 3 nitrogen and oxygen atoms in total. The summed E-state index contributed by atoms with van der Waals surface area (Å²) >= 11 is 0. The molecule has 0 saturated heterocycles. The van der Waals surface area contributed by atoms with Crippen LogP contribution in [-0.4, -0.2) is 9.55 Å². The zero-order valence-corrected chi connectivity index (χ0v) is 10.6. The Morgan fingerprint density at radius 2 is 2.19 bits per heavy atom. The monoisotopic (exact) mass is 221 g/mol. The summed E-state index contributed by atoms with van der Waals surface area (Å²) in [7, 11) is 0.